The number of hydrogen-bond acceptors (Lipinski definition) is 3. The molecule has 5 heteroatoms. The predicted octanol–water partition coefficient (Wildman–Crippen LogP) is -1.17. The molecule has 0 radical (unpaired) electrons. The van der Waals surface area contributed by atoms with Gasteiger partial charge in [-0.1, -0.05) is 0 Å². The largest absolute Gasteiger partial charge is 0.322 e. The van der Waals surface area contributed by atoms with E-state index >= 15 is 0 Å². The molecule has 0 bridgehead atoms. The molecule has 5 nitrogen and oxygen atoms in total. The zero-order valence-corrected chi connectivity index (χ0v) is 5.01. The van der Waals surface area contributed by atoms with Gasteiger partial charge in [0, 0.05) is 0 Å². The molecule has 1 aliphatic heterocycles. The lowest BCUT2D eigenvalue weighted by Crippen LogP contribution is -2.50. The summed E-state index contributed by atoms with van der Waals surface area (Å²) in [6, 6.07) is -0.232. The van der Waals surface area contributed by atoms with Crippen LogP contribution in [0.1, 0.15) is 0 Å². The van der Waals surface area contributed by atoms with E-state index in [-0.39, 0.29) is 12.3 Å². The van der Waals surface area contributed by atoms with Crippen molar-refractivity contribution in [1.82, 2.24) is 16.0 Å². The third kappa shape index (κ3) is 1.39. The molecule has 0 saturated heterocycles. The minimum absolute atomic E-state index is 0.232. The Hall–Kier alpha value is -1.10. The zero-order chi connectivity index (χ0) is 6.69. The molecule has 0 fully saturated rings. The maximum Gasteiger partial charge on any atom is 0.322 e. The second-order valence-electron chi connectivity index (χ2n) is 1.59. The van der Waals surface area contributed by atoms with Gasteiger partial charge in [0.15, 0.2) is 6.29 Å². The summed E-state index contributed by atoms with van der Waals surface area (Å²) in [6.07, 6.45) is 1.08. The van der Waals surface area contributed by atoms with Gasteiger partial charge in [-0.2, -0.15) is 0 Å². The van der Waals surface area contributed by atoms with Crippen molar-refractivity contribution >= 4 is 12.4 Å². The van der Waals surface area contributed by atoms with Crippen LogP contribution in [0.2, 0.25) is 0 Å². The maximum absolute atomic E-state index is 10.5. The fourth-order valence-electron chi connectivity index (χ4n) is 0.520. The number of hydrogen-bond donors (Lipinski definition) is 3. The standard InChI is InChI=1S/C4H8N4O/c1-5-3-6-2-7-4(9)8-3/h2-3,5H,1H3,(H2,6,7,8,9). The first-order chi connectivity index (χ1) is 4.33. The van der Waals surface area contributed by atoms with E-state index in [4.69, 9.17) is 0 Å². The lowest BCUT2D eigenvalue weighted by atomic mass is 10.7. The van der Waals surface area contributed by atoms with Crippen LogP contribution >= 0.6 is 0 Å². The van der Waals surface area contributed by atoms with Crippen LogP contribution in [0.5, 0.6) is 0 Å². The van der Waals surface area contributed by atoms with Gasteiger partial charge in [0.1, 0.15) is 0 Å². The van der Waals surface area contributed by atoms with Gasteiger partial charge >= 0.3 is 6.03 Å². The highest BCUT2D eigenvalue weighted by Crippen LogP contribution is 1.80. The summed E-state index contributed by atoms with van der Waals surface area (Å²) in [5, 5.41) is 7.64. The first-order valence-corrected chi connectivity index (χ1v) is 2.59. The van der Waals surface area contributed by atoms with Crippen molar-refractivity contribution in [2.45, 2.75) is 6.29 Å². The number of nitrogens with one attached hydrogen (secondary N) is 3. The summed E-state index contributed by atoms with van der Waals surface area (Å²) >= 11 is 0. The Morgan fingerprint density at radius 1 is 1.89 bits per heavy atom. The van der Waals surface area contributed by atoms with Gasteiger partial charge in [-0.25, -0.2) is 9.79 Å². The van der Waals surface area contributed by atoms with Crippen LogP contribution in [0.15, 0.2) is 4.99 Å². The highest BCUT2D eigenvalue weighted by Gasteiger charge is 2.09. The fraction of sp³-hybridized carbons (Fsp3) is 0.500. The van der Waals surface area contributed by atoms with Crippen molar-refractivity contribution in [3.8, 4) is 0 Å². The molecule has 9 heavy (non-hydrogen) atoms. The number of urea groups is 1. The predicted molar refractivity (Wildman–Crippen MR) is 33.0 cm³/mol. The molecule has 0 aromatic heterocycles. The van der Waals surface area contributed by atoms with Crippen LogP contribution < -0.4 is 16.0 Å². The molecule has 0 aromatic rings. The van der Waals surface area contributed by atoms with Crippen LogP contribution in [0.3, 0.4) is 0 Å². The topological polar surface area (TPSA) is 65.5 Å². The number of amides is 2. The SMILES string of the molecule is CNC1N=CNC(=O)N1. The molecule has 0 spiro atoms. The molecule has 1 unspecified atom stereocenters. The van der Waals surface area contributed by atoms with Gasteiger partial charge in [0.05, 0.1) is 6.34 Å². The van der Waals surface area contributed by atoms with E-state index in [1.54, 1.807) is 7.05 Å². The highest BCUT2D eigenvalue weighted by atomic mass is 16.2. The van der Waals surface area contributed by atoms with Gasteiger partial charge in [0.2, 0.25) is 0 Å². The van der Waals surface area contributed by atoms with Crippen molar-refractivity contribution in [3.63, 3.8) is 0 Å². The summed E-state index contributed by atoms with van der Waals surface area (Å²) in [5.41, 5.74) is 0. The Morgan fingerprint density at radius 2 is 2.67 bits per heavy atom. The van der Waals surface area contributed by atoms with E-state index in [0.717, 1.165) is 0 Å². The third-order valence-electron chi connectivity index (χ3n) is 0.961. The summed E-state index contributed by atoms with van der Waals surface area (Å²) in [6.45, 7) is 0. The van der Waals surface area contributed by atoms with Crippen molar-refractivity contribution in [3.05, 3.63) is 0 Å². The van der Waals surface area contributed by atoms with Crippen LogP contribution in [0.4, 0.5) is 4.79 Å². The average Bonchev–Trinajstić information content (AvgIpc) is 1.88. The molecule has 1 atom stereocenters. The molecule has 1 aliphatic rings. The summed E-state index contributed by atoms with van der Waals surface area (Å²) in [5.74, 6) is 0. The lowest BCUT2D eigenvalue weighted by molar-refractivity contribution is 0.238. The molecule has 2 amide bonds. The van der Waals surface area contributed by atoms with Gasteiger partial charge in [-0.15, -0.1) is 0 Å². The van der Waals surface area contributed by atoms with E-state index in [0.29, 0.717) is 0 Å². The van der Waals surface area contributed by atoms with Crippen LogP contribution in [0.25, 0.3) is 0 Å². The van der Waals surface area contributed by atoms with E-state index in [9.17, 15) is 4.79 Å². The van der Waals surface area contributed by atoms with Crippen molar-refractivity contribution in [2.24, 2.45) is 4.99 Å². The number of carbonyl (C=O) groups is 1. The number of aliphatic imine (C=N–C) groups is 1. The summed E-state index contributed by atoms with van der Waals surface area (Å²) in [7, 11) is 1.72. The Bertz CT molecular complexity index is 144. The highest BCUT2D eigenvalue weighted by molar-refractivity contribution is 5.87. The van der Waals surface area contributed by atoms with E-state index in [2.05, 4.69) is 20.9 Å². The third-order valence-corrected chi connectivity index (χ3v) is 0.961. The Labute approximate surface area is 52.5 Å². The number of carbonyl (C=O) groups excluding carboxylic acids is 1. The normalized spacial score (nSPS) is 25.0. The smallest absolute Gasteiger partial charge is 0.303 e. The van der Waals surface area contributed by atoms with Gasteiger partial charge < -0.3 is 5.32 Å². The Balaban J connectivity index is 2.49. The summed E-state index contributed by atoms with van der Waals surface area (Å²) in [4.78, 5) is 14.3. The van der Waals surface area contributed by atoms with E-state index in [1.807, 2.05) is 0 Å². The molecule has 0 aromatic carbocycles. The second-order valence-corrected chi connectivity index (χ2v) is 1.59. The van der Waals surface area contributed by atoms with E-state index < -0.39 is 0 Å². The molecular weight excluding hydrogens is 120 g/mol. The molecule has 3 N–H and O–H groups in total. The molecular formula is C4H8N4O. The molecule has 50 valence electrons. The molecule has 1 rings (SSSR count). The molecule has 0 aliphatic carbocycles. The zero-order valence-electron chi connectivity index (χ0n) is 5.01. The van der Waals surface area contributed by atoms with Crippen LogP contribution in [-0.2, 0) is 0 Å². The van der Waals surface area contributed by atoms with Gasteiger partial charge in [0.25, 0.3) is 0 Å². The van der Waals surface area contributed by atoms with Crippen LogP contribution in [0, 0.1) is 0 Å². The van der Waals surface area contributed by atoms with Gasteiger partial charge in [-0.3, -0.25) is 10.6 Å². The van der Waals surface area contributed by atoms with Crippen LogP contribution in [-0.4, -0.2) is 25.7 Å². The monoisotopic (exact) mass is 128 g/mol. The Kier molecular flexibility index (Phi) is 1.64. The Morgan fingerprint density at radius 3 is 3.11 bits per heavy atom. The van der Waals surface area contributed by atoms with E-state index in [1.165, 1.54) is 6.34 Å². The first-order valence-electron chi connectivity index (χ1n) is 2.59. The maximum atomic E-state index is 10.5. The van der Waals surface area contributed by atoms with Crippen molar-refractivity contribution in [1.29, 1.82) is 0 Å². The minimum atomic E-state index is -0.279. The minimum Gasteiger partial charge on any atom is -0.303 e. The quantitative estimate of drug-likeness (QED) is 0.416. The van der Waals surface area contributed by atoms with Gasteiger partial charge in [-0.05, 0) is 7.05 Å². The first kappa shape index (κ1) is 6.03. The van der Waals surface area contributed by atoms with Crippen molar-refractivity contribution < 1.29 is 4.79 Å². The van der Waals surface area contributed by atoms with Crippen molar-refractivity contribution in [2.75, 3.05) is 7.05 Å². The fourth-order valence-corrected chi connectivity index (χ4v) is 0.520. The lowest BCUT2D eigenvalue weighted by Gasteiger charge is -2.16. The number of nitrogens with zero attached hydrogens (tertiary/aromatic N) is 1. The average molecular weight is 128 g/mol. The summed E-state index contributed by atoms with van der Waals surface area (Å²) < 4.78 is 0. The number of rotatable bonds is 1. The molecule has 0 saturated carbocycles. The molecule has 1 heterocycles. The second kappa shape index (κ2) is 2.45.